The molecule has 0 aromatic heterocycles. The predicted molar refractivity (Wildman–Crippen MR) is 136 cm³/mol. The monoisotopic (exact) mass is 426 g/mol. The molecule has 5 rings (SSSR count). The van der Waals surface area contributed by atoms with E-state index in [0.717, 1.165) is 13.0 Å². The van der Waals surface area contributed by atoms with Crippen molar-refractivity contribution >= 4 is 12.2 Å². The van der Waals surface area contributed by atoms with E-state index in [-0.39, 0.29) is 21.8 Å². The first-order chi connectivity index (χ1) is 15.3. The average molecular weight is 427 g/mol. The number of ether oxygens (including phenoxy) is 1. The van der Waals surface area contributed by atoms with Gasteiger partial charge in [-0.15, -0.1) is 0 Å². The Kier molecular flexibility index (Phi) is 5.25. The third-order valence-corrected chi connectivity index (χ3v) is 8.61. The van der Waals surface area contributed by atoms with Crippen LogP contribution in [0.1, 0.15) is 88.5 Å². The van der Waals surface area contributed by atoms with Crippen LogP contribution in [-0.4, -0.2) is 12.2 Å². The van der Waals surface area contributed by atoms with Crippen LogP contribution in [0.3, 0.4) is 0 Å². The SMILES string of the molecule is CC(C)(C)OCCCCCCC1(C)C2(C=Cc3ccccc32)CC12C=Cc1ccccc12. The zero-order valence-electron chi connectivity index (χ0n) is 20.3. The maximum atomic E-state index is 5.92. The maximum Gasteiger partial charge on any atom is 0.0598 e. The number of fused-ring (bicyclic) bond motifs is 4. The Labute approximate surface area is 194 Å². The van der Waals surface area contributed by atoms with Crippen LogP contribution in [-0.2, 0) is 15.6 Å². The topological polar surface area (TPSA) is 9.23 Å². The number of hydrogen-bond acceptors (Lipinski definition) is 1. The molecule has 1 fully saturated rings. The van der Waals surface area contributed by atoms with Gasteiger partial charge < -0.3 is 4.74 Å². The van der Waals surface area contributed by atoms with Gasteiger partial charge in [0.25, 0.3) is 0 Å². The fraction of sp³-hybridized carbons (Fsp3) is 0.484. The molecule has 2 atom stereocenters. The first-order valence-electron chi connectivity index (χ1n) is 12.5. The highest BCUT2D eigenvalue weighted by molar-refractivity contribution is 5.74. The second kappa shape index (κ2) is 7.73. The van der Waals surface area contributed by atoms with E-state index in [1.54, 1.807) is 11.1 Å². The first-order valence-corrected chi connectivity index (χ1v) is 12.5. The molecular formula is C31H38O. The number of benzene rings is 2. The molecule has 2 spiro atoms. The largest absolute Gasteiger partial charge is 0.376 e. The summed E-state index contributed by atoms with van der Waals surface area (Å²) < 4.78 is 5.92. The lowest BCUT2D eigenvalue weighted by Gasteiger charge is -2.68. The Hall–Kier alpha value is -2.12. The third kappa shape index (κ3) is 3.16. The van der Waals surface area contributed by atoms with Gasteiger partial charge in [0.1, 0.15) is 0 Å². The normalized spacial score (nSPS) is 29.5. The molecule has 0 radical (unpaired) electrons. The molecule has 0 aliphatic heterocycles. The molecule has 2 aromatic rings. The Bertz CT molecular complexity index is 985. The lowest BCUT2D eigenvalue weighted by Crippen LogP contribution is -2.66. The van der Waals surface area contributed by atoms with E-state index < -0.39 is 0 Å². The summed E-state index contributed by atoms with van der Waals surface area (Å²) in [4.78, 5) is 0. The summed E-state index contributed by atoms with van der Waals surface area (Å²) in [6, 6.07) is 18.2. The number of unbranched alkanes of at least 4 members (excludes halogenated alkanes) is 3. The van der Waals surface area contributed by atoms with Crippen molar-refractivity contribution in [2.45, 2.75) is 82.7 Å². The maximum absolute atomic E-state index is 5.92. The van der Waals surface area contributed by atoms with Crippen LogP contribution in [0.15, 0.2) is 60.7 Å². The van der Waals surface area contributed by atoms with E-state index in [0.29, 0.717) is 0 Å². The second-order valence-corrected chi connectivity index (χ2v) is 11.4. The number of allylic oxidation sites excluding steroid dienone is 2. The highest BCUT2D eigenvalue weighted by Crippen LogP contribution is 2.75. The summed E-state index contributed by atoms with van der Waals surface area (Å²) in [5.41, 5.74) is 6.40. The van der Waals surface area contributed by atoms with Gasteiger partial charge in [0, 0.05) is 17.4 Å². The van der Waals surface area contributed by atoms with E-state index in [1.165, 1.54) is 43.2 Å². The Morgan fingerprint density at radius 3 is 1.84 bits per heavy atom. The van der Waals surface area contributed by atoms with Crippen molar-refractivity contribution in [2.75, 3.05) is 6.61 Å². The van der Waals surface area contributed by atoms with E-state index in [1.807, 2.05) is 0 Å². The minimum atomic E-state index is -0.0252. The summed E-state index contributed by atoms with van der Waals surface area (Å²) in [6.45, 7) is 9.88. The van der Waals surface area contributed by atoms with Crippen LogP contribution in [0.25, 0.3) is 12.2 Å². The molecule has 0 bridgehead atoms. The smallest absolute Gasteiger partial charge is 0.0598 e. The van der Waals surface area contributed by atoms with Gasteiger partial charge in [-0.05, 0) is 67.7 Å². The minimum Gasteiger partial charge on any atom is -0.376 e. The number of rotatable bonds is 7. The van der Waals surface area contributed by atoms with Crippen LogP contribution in [0.2, 0.25) is 0 Å². The molecular weight excluding hydrogens is 388 g/mol. The van der Waals surface area contributed by atoms with Crippen molar-refractivity contribution in [3.63, 3.8) is 0 Å². The van der Waals surface area contributed by atoms with Crippen molar-refractivity contribution in [1.82, 2.24) is 0 Å². The van der Waals surface area contributed by atoms with Crippen molar-refractivity contribution in [1.29, 1.82) is 0 Å². The van der Waals surface area contributed by atoms with Crippen LogP contribution < -0.4 is 0 Å². The van der Waals surface area contributed by atoms with Crippen molar-refractivity contribution < 1.29 is 4.74 Å². The van der Waals surface area contributed by atoms with Gasteiger partial charge in [-0.2, -0.15) is 0 Å². The summed E-state index contributed by atoms with van der Waals surface area (Å²) in [6.07, 6.45) is 17.3. The fourth-order valence-corrected chi connectivity index (χ4v) is 6.89. The lowest BCUT2D eigenvalue weighted by molar-refractivity contribution is -0.0497. The predicted octanol–water partition coefficient (Wildman–Crippen LogP) is 8.09. The van der Waals surface area contributed by atoms with Gasteiger partial charge in [0.05, 0.1) is 5.60 Å². The molecule has 1 heteroatoms. The molecule has 0 N–H and O–H groups in total. The molecule has 2 aromatic carbocycles. The van der Waals surface area contributed by atoms with E-state index >= 15 is 0 Å². The zero-order valence-corrected chi connectivity index (χ0v) is 20.3. The van der Waals surface area contributed by atoms with Gasteiger partial charge >= 0.3 is 0 Å². The lowest BCUT2D eigenvalue weighted by atomic mass is 9.34. The third-order valence-electron chi connectivity index (χ3n) is 8.61. The highest BCUT2D eigenvalue weighted by Gasteiger charge is 2.71. The van der Waals surface area contributed by atoms with Crippen molar-refractivity contribution in [3.8, 4) is 0 Å². The van der Waals surface area contributed by atoms with Gasteiger partial charge in [-0.3, -0.25) is 0 Å². The minimum absolute atomic E-state index is 0.0252. The van der Waals surface area contributed by atoms with E-state index in [2.05, 4.69) is 101 Å². The van der Waals surface area contributed by atoms with Crippen molar-refractivity contribution in [3.05, 3.63) is 82.9 Å². The summed E-state index contributed by atoms with van der Waals surface area (Å²) in [5.74, 6) is 0. The van der Waals surface area contributed by atoms with Crippen LogP contribution >= 0.6 is 0 Å². The van der Waals surface area contributed by atoms with E-state index in [9.17, 15) is 0 Å². The molecule has 0 amide bonds. The summed E-state index contributed by atoms with van der Waals surface area (Å²) >= 11 is 0. The molecule has 1 nitrogen and oxygen atoms in total. The van der Waals surface area contributed by atoms with Crippen molar-refractivity contribution in [2.24, 2.45) is 5.41 Å². The average Bonchev–Trinajstić information content (AvgIpc) is 3.35. The standard InChI is InChI=1S/C31H38O/c1-28(2,3)32-22-12-6-5-11-19-29(4)30(20-17-24-13-7-9-15-26(24)30)23-31(29)21-18-25-14-8-10-16-27(25)31/h7-10,13-18,20-21H,5-6,11-12,19,22-23H2,1-4H3. The summed E-state index contributed by atoms with van der Waals surface area (Å²) in [5, 5.41) is 0. The Morgan fingerprint density at radius 2 is 1.28 bits per heavy atom. The Balaban J connectivity index is 1.37. The molecule has 0 heterocycles. The summed E-state index contributed by atoms with van der Waals surface area (Å²) in [7, 11) is 0. The molecule has 3 aliphatic rings. The Morgan fingerprint density at radius 1 is 0.750 bits per heavy atom. The van der Waals surface area contributed by atoms with Gasteiger partial charge in [0.2, 0.25) is 0 Å². The molecule has 3 aliphatic carbocycles. The van der Waals surface area contributed by atoms with Crippen LogP contribution in [0.5, 0.6) is 0 Å². The quantitative estimate of drug-likeness (QED) is 0.406. The molecule has 168 valence electrons. The second-order valence-electron chi connectivity index (χ2n) is 11.4. The van der Waals surface area contributed by atoms with Crippen LogP contribution in [0, 0.1) is 5.41 Å². The van der Waals surface area contributed by atoms with Crippen LogP contribution in [0.4, 0.5) is 0 Å². The molecule has 1 saturated carbocycles. The van der Waals surface area contributed by atoms with Gasteiger partial charge in [-0.1, -0.05) is 99.0 Å². The molecule has 0 saturated heterocycles. The fourth-order valence-electron chi connectivity index (χ4n) is 6.89. The van der Waals surface area contributed by atoms with E-state index in [4.69, 9.17) is 4.74 Å². The highest BCUT2D eigenvalue weighted by atomic mass is 16.5. The number of hydrogen-bond donors (Lipinski definition) is 0. The molecule has 32 heavy (non-hydrogen) atoms. The van der Waals surface area contributed by atoms with Gasteiger partial charge in [0.15, 0.2) is 0 Å². The van der Waals surface area contributed by atoms with Gasteiger partial charge in [-0.25, -0.2) is 0 Å². The zero-order chi connectivity index (χ0) is 22.5. The first kappa shape index (κ1) is 21.7. The molecule has 2 unspecified atom stereocenters.